The summed E-state index contributed by atoms with van der Waals surface area (Å²) in [6, 6.07) is 5.14. The van der Waals surface area contributed by atoms with E-state index in [0.717, 1.165) is 18.5 Å². The maximum Gasteiger partial charge on any atom is 0.0701 e. The average Bonchev–Trinajstić information content (AvgIpc) is 2.67. The second-order valence-electron chi connectivity index (χ2n) is 4.87. The van der Waals surface area contributed by atoms with Crippen molar-refractivity contribution in [2.24, 2.45) is 5.92 Å². The Bertz CT molecular complexity index is 315. The Morgan fingerprint density at radius 3 is 2.69 bits per heavy atom. The summed E-state index contributed by atoms with van der Waals surface area (Å²) < 4.78 is 1.24. The molecule has 0 radical (unpaired) electrons. The van der Waals surface area contributed by atoms with Crippen LogP contribution in [0.15, 0.2) is 15.9 Å². The fourth-order valence-corrected chi connectivity index (χ4v) is 3.83. The normalized spacial score (nSPS) is 25.9. The molecule has 16 heavy (non-hydrogen) atoms. The molecule has 1 aliphatic carbocycles. The van der Waals surface area contributed by atoms with Gasteiger partial charge in [-0.25, -0.2) is 0 Å². The van der Waals surface area contributed by atoms with Crippen molar-refractivity contribution in [3.63, 3.8) is 0 Å². The Morgan fingerprint density at radius 2 is 2.06 bits per heavy atom. The molecular weight excluding hydrogens is 282 g/mol. The van der Waals surface area contributed by atoms with Crippen molar-refractivity contribution in [1.82, 2.24) is 5.32 Å². The topological polar surface area (TPSA) is 12.0 Å². The van der Waals surface area contributed by atoms with Gasteiger partial charge in [-0.3, -0.25) is 0 Å². The van der Waals surface area contributed by atoms with Gasteiger partial charge in [-0.05, 0) is 66.1 Å². The van der Waals surface area contributed by atoms with Crippen molar-refractivity contribution in [2.75, 3.05) is 6.54 Å². The van der Waals surface area contributed by atoms with E-state index in [-0.39, 0.29) is 0 Å². The molecule has 1 nitrogen and oxygen atoms in total. The van der Waals surface area contributed by atoms with E-state index in [0.29, 0.717) is 0 Å². The summed E-state index contributed by atoms with van der Waals surface area (Å²) in [6.07, 6.45) is 6.72. The first-order valence-corrected chi connectivity index (χ1v) is 7.82. The molecule has 1 heterocycles. The van der Waals surface area contributed by atoms with Gasteiger partial charge in [0.1, 0.15) is 0 Å². The number of nitrogens with one attached hydrogen (secondary N) is 1. The molecule has 1 N–H and O–H groups in total. The van der Waals surface area contributed by atoms with Gasteiger partial charge in [-0.15, -0.1) is 11.3 Å². The molecule has 0 amide bonds. The number of hydrogen-bond donors (Lipinski definition) is 1. The zero-order valence-corrected chi connectivity index (χ0v) is 12.2. The van der Waals surface area contributed by atoms with Gasteiger partial charge >= 0.3 is 0 Å². The summed E-state index contributed by atoms with van der Waals surface area (Å²) in [5.74, 6) is 0.950. The van der Waals surface area contributed by atoms with Crippen LogP contribution in [0.4, 0.5) is 0 Å². The number of hydrogen-bond acceptors (Lipinski definition) is 2. The molecule has 0 aliphatic heterocycles. The molecule has 0 bridgehead atoms. The van der Waals surface area contributed by atoms with Gasteiger partial charge in [0.2, 0.25) is 0 Å². The first-order chi connectivity index (χ1) is 7.74. The standard InChI is InChI=1S/C13H20BrNS/c1-10-2-4-11(5-3-10)15-9-8-12-6-7-13(14)16-12/h6-7,10-11,15H,2-5,8-9H2,1H3. The maximum absolute atomic E-state index is 3.69. The van der Waals surface area contributed by atoms with Crippen molar-refractivity contribution in [1.29, 1.82) is 0 Å². The third-order valence-corrected chi connectivity index (χ3v) is 5.13. The van der Waals surface area contributed by atoms with E-state index in [4.69, 9.17) is 0 Å². The molecule has 1 aromatic heterocycles. The molecule has 0 saturated heterocycles. The van der Waals surface area contributed by atoms with Crippen LogP contribution < -0.4 is 5.32 Å². The van der Waals surface area contributed by atoms with Crippen molar-refractivity contribution >= 4 is 27.3 Å². The van der Waals surface area contributed by atoms with E-state index in [1.165, 1.54) is 40.8 Å². The van der Waals surface area contributed by atoms with E-state index in [1.807, 2.05) is 11.3 Å². The summed E-state index contributed by atoms with van der Waals surface area (Å²) in [5, 5.41) is 3.69. The van der Waals surface area contributed by atoms with Gasteiger partial charge in [-0.1, -0.05) is 6.92 Å². The van der Waals surface area contributed by atoms with Crippen LogP contribution in [0.5, 0.6) is 0 Å². The van der Waals surface area contributed by atoms with Gasteiger partial charge in [0, 0.05) is 17.5 Å². The van der Waals surface area contributed by atoms with Crippen LogP contribution in [0, 0.1) is 5.92 Å². The number of rotatable bonds is 4. The number of halogens is 1. The largest absolute Gasteiger partial charge is 0.314 e. The molecule has 0 aromatic carbocycles. The van der Waals surface area contributed by atoms with E-state index < -0.39 is 0 Å². The Hall–Kier alpha value is 0.140. The fraction of sp³-hybridized carbons (Fsp3) is 0.692. The molecule has 1 fully saturated rings. The van der Waals surface area contributed by atoms with Crippen molar-refractivity contribution in [2.45, 2.75) is 45.1 Å². The number of thiophene rings is 1. The Morgan fingerprint density at radius 1 is 1.31 bits per heavy atom. The first kappa shape index (κ1) is 12.6. The molecule has 1 aromatic rings. The fourth-order valence-electron chi connectivity index (χ4n) is 2.35. The third kappa shape index (κ3) is 3.86. The summed E-state index contributed by atoms with van der Waals surface area (Å²) in [6.45, 7) is 3.51. The lowest BCUT2D eigenvalue weighted by Gasteiger charge is -2.26. The lowest BCUT2D eigenvalue weighted by atomic mass is 9.87. The lowest BCUT2D eigenvalue weighted by molar-refractivity contribution is 0.309. The average molecular weight is 302 g/mol. The highest BCUT2D eigenvalue weighted by atomic mass is 79.9. The second-order valence-corrected chi connectivity index (χ2v) is 7.41. The van der Waals surface area contributed by atoms with E-state index >= 15 is 0 Å². The molecule has 1 aliphatic rings. The Kier molecular flexibility index (Phi) is 4.86. The Balaban J connectivity index is 1.64. The third-order valence-electron chi connectivity index (χ3n) is 3.45. The van der Waals surface area contributed by atoms with Crippen LogP contribution >= 0.6 is 27.3 Å². The van der Waals surface area contributed by atoms with Crippen LogP contribution in [0.25, 0.3) is 0 Å². The molecule has 0 unspecified atom stereocenters. The SMILES string of the molecule is CC1CCC(NCCc2ccc(Br)s2)CC1. The minimum Gasteiger partial charge on any atom is -0.314 e. The van der Waals surface area contributed by atoms with Crippen molar-refractivity contribution in [3.05, 3.63) is 20.8 Å². The van der Waals surface area contributed by atoms with E-state index in [2.05, 4.69) is 40.3 Å². The molecule has 1 saturated carbocycles. The van der Waals surface area contributed by atoms with Crippen molar-refractivity contribution < 1.29 is 0 Å². The zero-order valence-electron chi connectivity index (χ0n) is 9.84. The quantitative estimate of drug-likeness (QED) is 0.878. The highest BCUT2D eigenvalue weighted by molar-refractivity contribution is 9.11. The maximum atomic E-state index is 3.69. The van der Waals surface area contributed by atoms with Gasteiger partial charge in [0.15, 0.2) is 0 Å². The summed E-state index contributed by atoms with van der Waals surface area (Å²) in [5.41, 5.74) is 0. The molecule has 0 spiro atoms. The monoisotopic (exact) mass is 301 g/mol. The molecular formula is C13H20BrNS. The van der Waals surface area contributed by atoms with Crippen LogP contribution in [-0.2, 0) is 6.42 Å². The van der Waals surface area contributed by atoms with Crippen molar-refractivity contribution in [3.8, 4) is 0 Å². The molecule has 90 valence electrons. The lowest BCUT2D eigenvalue weighted by Crippen LogP contribution is -2.33. The minimum atomic E-state index is 0.777. The first-order valence-electron chi connectivity index (χ1n) is 6.21. The van der Waals surface area contributed by atoms with Crippen LogP contribution in [0.1, 0.15) is 37.5 Å². The van der Waals surface area contributed by atoms with E-state index in [1.54, 1.807) is 0 Å². The van der Waals surface area contributed by atoms with Crippen LogP contribution in [0.2, 0.25) is 0 Å². The predicted molar refractivity (Wildman–Crippen MR) is 75.1 cm³/mol. The summed E-state index contributed by atoms with van der Waals surface area (Å²) in [4.78, 5) is 1.48. The highest BCUT2D eigenvalue weighted by Crippen LogP contribution is 2.24. The molecule has 0 atom stereocenters. The highest BCUT2D eigenvalue weighted by Gasteiger charge is 2.17. The second kappa shape index (κ2) is 6.18. The summed E-state index contributed by atoms with van der Waals surface area (Å²) >= 11 is 5.36. The van der Waals surface area contributed by atoms with E-state index in [9.17, 15) is 0 Å². The zero-order chi connectivity index (χ0) is 11.4. The van der Waals surface area contributed by atoms with Gasteiger partial charge in [0.25, 0.3) is 0 Å². The van der Waals surface area contributed by atoms with Gasteiger partial charge in [0.05, 0.1) is 3.79 Å². The minimum absolute atomic E-state index is 0.777. The van der Waals surface area contributed by atoms with Crippen LogP contribution in [-0.4, -0.2) is 12.6 Å². The summed E-state index contributed by atoms with van der Waals surface area (Å²) in [7, 11) is 0. The van der Waals surface area contributed by atoms with Crippen LogP contribution in [0.3, 0.4) is 0 Å². The van der Waals surface area contributed by atoms with Gasteiger partial charge in [-0.2, -0.15) is 0 Å². The molecule has 2 rings (SSSR count). The Labute approximate surface area is 111 Å². The smallest absolute Gasteiger partial charge is 0.0701 e. The molecule has 3 heteroatoms. The van der Waals surface area contributed by atoms with Gasteiger partial charge < -0.3 is 5.32 Å². The predicted octanol–water partition coefficient (Wildman–Crippen LogP) is 4.22.